The molecular weight excluding hydrogens is 414 g/mol. The lowest BCUT2D eigenvalue weighted by molar-refractivity contribution is -0.384. The number of hydrogen-bond acceptors (Lipinski definition) is 7. The molecule has 0 amide bonds. The van der Waals surface area contributed by atoms with E-state index in [-0.39, 0.29) is 29.3 Å². The van der Waals surface area contributed by atoms with Crippen molar-refractivity contribution in [1.82, 2.24) is 18.7 Å². The van der Waals surface area contributed by atoms with Crippen LogP contribution in [0.5, 0.6) is 0 Å². The second-order valence-corrected chi connectivity index (χ2v) is 7.03. The van der Waals surface area contributed by atoms with Gasteiger partial charge in [0.25, 0.3) is 11.2 Å². The average Bonchev–Trinajstić information content (AvgIpc) is 3.08. The Hall–Kier alpha value is -3.73. The van der Waals surface area contributed by atoms with Crippen LogP contribution in [0.4, 0.5) is 11.6 Å². The molecule has 0 fully saturated rings. The molecule has 0 aliphatic heterocycles. The standard InChI is InChI=1S/C18H18ClN7O4/c1-11(19)7-8-25-14-15(23(2)18(28)24(3)16(14)27)21-17(25)22-20-10-12-5-4-6-13(9-12)26(29)30/h4-7,9-10H,8H2,1-3H3,(H,21,22). The van der Waals surface area contributed by atoms with Crippen LogP contribution < -0.4 is 16.7 Å². The van der Waals surface area contributed by atoms with Gasteiger partial charge in [0, 0.05) is 43.4 Å². The Labute approximate surface area is 174 Å². The van der Waals surface area contributed by atoms with E-state index in [0.29, 0.717) is 10.6 Å². The van der Waals surface area contributed by atoms with Crippen LogP contribution in [0.25, 0.3) is 11.2 Å². The molecule has 0 aliphatic carbocycles. The Bertz CT molecular complexity index is 1310. The highest BCUT2D eigenvalue weighted by Crippen LogP contribution is 2.17. The quantitative estimate of drug-likeness (QED) is 0.360. The van der Waals surface area contributed by atoms with Gasteiger partial charge in [-0.25, -0.2) is 10.2 Å². The van der Waals surface area contributed by atoms with Gasteiger partial charge in [0.15, 0.2) is 11.2 Å². The van der Waals surface area contributed by atoms with Crippen molar-refractivity contribution in [3.8, 4) is 0 Å². The van der Waals surface area contributed by atoms with Crippen molar-refractivity contribution in [2.75, 3.05) is 5.43 Å². The zero-order valence-corrected chi connectivity index (χ0v) is 17.1. The summed E-state index contributed by atoms with van der Waals surface area (Å²) in [7, 11) is 2.90. The SMILES string of the molecule is CC(Cl)=CCn1c(NN=Cc2cccc([N+](=O)[O-])c2)nc2c1c(=O)n(C)c(=O)n2C. The number of nitro benzene ring substituents is 1. The topological polar surface area (TPSA) is 129 Å². The second kappa shape index (κ2) is 8.33. The molecule has 0 atom stereocenters. The number of aromatic nitrogens is 4. The number of benzene rings is 1. The van der Waals surface area contributed by atoms with E-state index in [4.69, 9.17) is 11.6 Å². The highest BCUT2D eigenvalue weighted by Gasteiger charge is 2.18. The number of nitrogens with zero attached hydrogens (tertiary/aromatic N) is 6. The van der Waals surface area contributed by atoms with Gasteiger partial charge in [0.05, 0.1) is 11.1 Å². The van der Waals surface area contributed by atoms with E-state index >= 15 is 0 Å². The number of hydrogen-bond donors (Lipinski definition) is 1. The smallest absolute Gasteiger partial charge is 0.299 e. The summed E-state index contributed by atoms with van der Waals surface area (Å²) in [5, 5.41) is 15.5. The van der Waals surface area contributed by atoms with Crippen LogP contribution in [-0.2, 0) is 20.6 Å². The summed E-state index contributed by atoms with van der Waals surface area (Å²) in [5.41, 5.74) is 2.56. The molecule has 0 bridgehead atoms. The summed E-state index contributed by atoms with van der Waals surface area (Å²) in [6, 6.07) is 5.94. The first-order valence-electron chi connectivity index (χ1n) is 8.72. The zero-order chi connectivity index (χ0) is 22.0. The zero-order valence-electron chi connectivity index (χ0n) is 16.4. The number of hydrazone groups is 1. The highest BCUT2D eigenvalue weighted by atomic mass is 35.5. The maximum absolute atomic E-state index is 12.7. The molecule has 2 heterocycles. The number of imidazole rings is 1. The third-order valence-electron chi connectivity index (χ3n) is 4.36. The second-order valence-electron chi connectivity index (χ2n) is 6.44. The van der Waals surface area contributed by atoms with Gasteiger partial charge in [-0.05, 0) is 6.92 Å². The van der Waals surface area contributed by atoms with Crippen LogP contribution >= 0.6 is 11.6 Å². The third-order valence-corrected chi connectivity index (χ3v) is 4.52. The number of non-ortho nitro benzene ring substituents is 1. The Kier molecular flexibility index (Phi) is 5.83. The van der Waals surface area contributed by atoms with E-state index < -0.39 is 16.2 Å². The molecule has 0 saturated carbocycles. The largest absolute Gasteiger partial charge is 0.332 e. The van der Waals surface area contributed by atoms with Crippen molar-refractivity contribution < 1.29 is 4.92 Å². The van der Waals surface area contributed by atoms with Crippen molar-refractivity contribution in [1.29, 1.82) is 0 Å². The molecule has 0 unspecified atom stereocenters. The van der Waals surface area contributed by atoms with Crippen molar-refractivity contribution in [3.05, 3.63) is 71.9 Å². The highest BCUT2D eigenvalue weighted by molar-refractivity contribution is 6.29. The van der Waals surface area contributed by atoms with Gasteiger partial charge in [0.1, 0.15) is 0 Å². The molecule has 0 spiro atoms. The van der Waals surface area contributed by atoms with E-state index in [0.717, 1.165) is 4.57 Å². The molecule has 1 N–H and O–H groups in total. The lowest BCUT2D eigenvalue weighted by Gasteiger charge is -2.07. The summed E-state index contributed by atoms with van der Waals surface area (Å²) < 4.78 is 3.81. The Balaban J connectivity index is 2.06. The predicted octanol–water partition coefficient (Wildman–Crippen LogP) is 1.93. The maximum atomic E-state index is 12.7. The number of allylic oxidation sites excluding steroid dienone is 2. The molecule has 11 nitrogen and oxygen atoms in total. The van der Waals surface area contributed by atoms with Crippen molar-refractivity contribution >= 4 is 40.6 Å². The van der Waals surface area contributed by atoms with Crippen molar-refractivity contribution in [2.45, 2.75) is 13.5 Å². The van der Waals surface area contributed by atoms with Crippen LogP contribution in [0, 0.1) is 10.1 Å². The summed E-state index contributed by atoms with van der Waals surface area (Å²) in [4.78, 5) is 39.6. The molecule has 0 saturated heterocycles. The van der Waals surface area contributed by atoms with Crippen LogP contribution in [-0.4, -0.2) is 29.8 Å². The molecule has 2 aromatic heterocycles. The van der Waals surface area contributed by atoms with Gasteiger partial charge < -0.3 is 0 Å². The molecule has 12 heteroatoms. The number of halogens is 1. The van der Waals surface area contributed by atoms with Gasteiger partial charge in [-0.2, -0.15) is 10.1 Å². The number of anilines is 1. The first-order valence-corrected chi connectivity index (χ1v) is 9.10. The number of nitrogens with one attached hydrogen (secondary N) is 1. The molecule has 3 rings (SSSR count). The van der Waals surface area contributed by atoms with Gasteiger partial charge in [0.2, 0.25) is 5.95 Å². The lowest BCUT2D eigenvalue weighted by atomic mass is 10.2. The average molecular weight is 432 g/mol. The first kappa shape index (κ1) is 21.0. The van der Waals surface area contributed by atoms with Gasteiger partial charge >= 0.3 is 5.69 Å². The number of aryl methyl sites for hydroxylation is 1. The molecular formula is C18H18ClN7O4. The predicted molar refractivity (Wildman–Crippen MR) is 114 cm³/mol. The Morgan fingerprint density at radius 1 is 1.33 bits per heavy atom. The van der Waals surface area contributed by atoms with Gasteiger partial charge in [-0.15, -0.1) is 0 Å². The van der Waals surface area contributed by atoms with E-state index in [1.807, 2.05) is 0 Å². The van der Waals surface area contributed by atoms with Crippen LogP contribution in [0.3, 0.4) is 0 Å². The van der Waals surface area contributed by atoms with Crippen molar-refractivity contribution in [3.63, 3.8) is 0 Å². The Morgan fingerprint density at radius 3 is 2.73 bits per heavy atom. The van der Waals surface area contributed by atoms with E-state index in [1.54, 1.807) is 29.7 Å². The normalized spacial score (nSPS) is 12.1. The molecule has 0 aliphatic rings. The maximum Gasteiger partial charge on any atom is 0.332 e. The van der Waals surface area contributed by atoms with E-state index in [1.165, 1.54) is 37.0 Å². The minimum absolute atomic E-state index is 0.0626. The van der Waals surface area contributed by atoms with E-state index in [2.05, 4.69) is 15.5 Å². The van der Waals surface area contributed by atoms with Gasteiger partial charge in [-0.1, -0.05) is 29.8 Å². The number of fused-ring (bicyclic) bond motifs is 1. The first-order chi connectivity index (χ1) is 14.2. The summed E-state index contributed by atoms with van der Waals surface area (Å²) in [5.74, 6) is 0.208. The fourth-order valence-corrected chi connectivity index (χ4v) is 2.88. The summed E-state index contributed by atoms with van der Waals surface area (Å²) in [6.07, 6.45) is 3.07. The fraction of sp³-hybridized carbons (Fsp3) is 0.222. The molecule has 156 valence electrons. The molecule has 3 aromatic rings. The summed E-state index contributed by atoms with van der Waals surface area (Å²) >= 11 is 5.93. The minimum Gasteiger partial charge on any atom is -0.299 e. The number of rotatable bonds is 6. The lowest BCUT2D eigenvalue weighted by Crippen LogP contribution is -2.37. The van der Waals surface area contributed by atoms with Crippen LogP contribution in [0.2, 0.25) is 0 Å². The third kappa shape index (κ3) is 4.01. The van der Waals surface area contributed by atoms with Crippen LogP contribution in [0.1, 0.15) is 12.5 Å². The minimum atomic E-state index is -0.507. The molecule has 1 aromatic carbocycles. The molecule has 30 heavy (non-hydrogen) atoms. The van der Waals surface area contributed by atoms with Crippen LogP contribution in [0.15, 0.2) is 50.1 Å². The van der Waals surface area contributed by atoms with E-state index in [9.17, 15) is 19.7 Å². The summed E-state index contributed by atoms with van der Waals surface area (Å²) in [6.45, 7) is 1.91. The number of nitro groups is 1. The Morgan fingerprint density at radius 2 is 2.07 bits per heavy atom. The molecule has 0 radical (unpaired) electrons. The van der Waals surface area contributed by atoms with Gasteiger partial charge in [-0.3, -0.25) is 28.6 Å². The fourth-order valence-electron chi connectivity index (χ4n) is 2.81. The van der Waals surface area contributed by atoms with Crippen molar-refractivity contribution in [2.24, 2.45) is 19.2 Å². The monoisotopic (exact) mass is 431 g/mol.